The molecule has 0 spiro atoms. The van der Waals surface area contributed by atoms with Crippen molar-refractivity contribution in [3.05, 3.63) is 60.7 Å². The number of amides is 1. The van der Waals surface area contributed by atoms with Crippen LogP contribution in [0.15, 0.2) is 60.7 Å². The number of hydrogen-bond acceptors (Lipinski definition) is 3. The molecule has 0 bridgehead atoms. The van der Waals surface area contributed by atoms with Gasteiger partial charge in [-0.25, -0.2) is 0 Å². The van der Waals surface area contributed by atoms with Crippen molar-refractivity contribution >= 4 is 17.3 Å². The number of anilines is 2. The molecule has 24 heavy (non-hydrogen) atoms. The zero-order valence-electron chi connectivity index (χ0n) is 13.9. The maximum Gasteiger partial charge on any atom is 0.226 e. The Morgan fingerprint density at radius 3 is 1.79 bits per heavy atom. The van der Waals surface area contributed by atoms with Crippen molar-refractivity contribution in [2.75, 3.05) is 10.6 Å². The van der Waals surface area contributed by atoms with Gasteiger partial charge in [-0.15, -0.1) is 0 Å². The van der Waals surface area contributed by atoms with Gasteiger partial charge in [-0.2, -0.15) is 0 Å². The zero-order valence-corrected chi connectivity index (χ0v) is 13.9. The van der Waals surface area contributed by atoms with Gasteiger partial charge in [0.1, 0.15) is 0 Å². The molecule has 0 unspecified atom stereocenters. The van der Waals surface area contributed by atoms with Crippen LogP contribution in [0, 0.1) is 5.92 Å². The quantitative estimate of drug-likeness (QED) is 0.699. The van der Waals surface area contributed by atoms with E-state index in [1.54, 1.807) is 0 Å². The Labute approximate surface area is 143 Å². The second kappa shape index (κ2) is 8.39. The highest BCUT2D eigenvalue weighted by atomic mass is 16.2. The molecule has 0 aromatic heterocycles. The van der Waals surface area contributed by atoms with Gasteiger partial charge in [0.15, 0.2) is 6.29 Å². The van der Waals surface area contributed by atoms with Crippen molar-refractivity contribution in [2.24, 2.45) is 5.92 Å². The highest BCUT2D eigenvalue weighted by Gasteiger charge is 2.23. The Balaban J connectivity index is 1.67. The standard InChI is InChI=1S/C20H25N3O/c24-19(16-10-4-1-5-11-16)23-20(21-17-12-6-2-7-13-17)22-18-14-8-3-9-15-18/h2-3,6-9,12-16,20-22H,1,4-5,10-11H2,(H,23,24). The predicted molar refractivity (Wildman–Crippen MR) is 98.6 cm³/mol. The fraction of sp³-hybridized carbons (Fsp3) is 0.350. The topological polar surface area (TPSA) is 53.2 Å². The van der Waals surface area contributed by atoms with Gasteiger partial charge in [-0.1, -0.05) is 55.7 Å². The van der Waals surface area contributed by atoms with E-state index in [9.17, 15) is 4.79 Å². The van der Waals surface area contributed by atoms with Crippen molar-refractivity contribution in [3.8, 4) is 0 Å². The average molecular weight is 323 g/mol. The van der Waals surface area contributed by atoms with Crippen molar-refractivity contribution in [1.82, 2.24) is 5.32 Å². The van der Waals surface area contributed by atoms with Gasteiger partial charge in [0, 0.05) is 17.3 Å². The number of benzene rings is 2. The Kier molecular flexibility index (Phi) is 5.72. The maximum absolute atomic E-state index is 12.6. The van der Waals surface area contributed by atoms with E-state index in [1.807, 2.05) is 60.7 Å². The molecule has 4 nitrogen and oxygen atoms in total. The fourth-order valence-electron chi connectivity index (χ4n) is 3.14. The number of hydrogen-bond donors (Lipinski definition) is 3. The molecule has 1 aliphatic carbocycles. The van der Waals surface area contributed by atoms with E-state index in [0.29, 0.717) is 0 Å². The summed E-state index contributed by atoms with van der Waals surface area (Å²) in [5, 5.41) is 9.83. The van der Waals surface area contributed by atoms with E-state index in [4.69, 9.17) is 0 Å². The summed E-state index contributed by atoms with van der Waals surface area (Å²) >= 11 is 0. The first-order chi connectivity index (χ1) is 11.8. The first kappa shape index (κ1) is 16.4. The van der Waals surface area contributed by atoms with Crippen molar-refractivity contribution in [1.29, 1.82) is 0 Å². The summed E-state index contributed by atoms with van der Waals surface area (Å²) in [6, 6.07) is 19.8. The molecule has 1 amide bonds. The van der Waals surface area contributed by atoms with E-state index in [2.05, 4.69) is 16.0 Å². The minimum atomic E-state index is -0.343. The van der Waals surface area contributed by atoms with Gasteiger partial charge >= 0.3 is 0 Å². The van der Waals surface area contributed by atoms with Crippen LogP contribution in [-0.2, 0) is 4.79 Å². The van der Waals surface area contributed by atoms with Crippen LogP contribution in [-0.4, -0.2) is 12.2 Å². The maximum atomic E-state index is 12.6. The highest BCUT2D eigenvalue weighted by molar-refractivity contribution is 5.79. The summed E-state index contributed by atoms with van der Waals surface area (Å²) in [6.45, 7) is 0. The molecule has 0 saturated heterocycles. The van der Waals surface area contributed by atoms with Crippen LogP contribution in [0.1, 0.15) is 32.1 Å². The van der Waals surface area contributed by atoms with E-state index < -0.39 is 0 Å². The van der Waals surface area contributed by atoms with Crippen LogP contribution in [0.3, 0.4) is 0 Å². The molecule has 2 aromatic rings. The lowest BCUT2D eigenvalue weighted by Crippen LogP contribution is -2.48. The third-order valence-electron chi connectivity index (χ3n) is 4.43. The van der Waals surface area contributed by atoms with E-state index in [0.717, 1.165) is 37.1 Å². The number of carbonyl (C=O) groups is 1. The molecule has 0 radical (unpaired) electrons. The van der Waals surface area contributed by atoms with Crippen LogP contribution < -0.4 is 16.0 Å². The molecule has 3 N–H and O–H groups in total. The number of carbonyl (C=O) groups excluding carboxylic acids is 1. The number of para-hydroxylation sites is 2. The molecule has 0 aliphatic heterocycles. The summed E-state index contributed by atoms with van der Waals surface area (Å²) < 4.78 is 0. The van der Waals surface area contributed by atoms with Crippen LogP contribution >= 0.6 is 0 Å². The second-order valence-corrected chi connectivity index (χ2v) is 6.30. The lowest BCUT2D eigenvalue weighted by Gasteiger charge is -2.27. The Morgan fingerprint density at radius 2 is 1.29 bits per heavy atom. The molecular weight excluding hydrogens is 298 g/mol. The third kappa shape index (κ3) is 4.75. The summed E-state index contributed by atoms with van der Waals surface area (Å²) in [5.74, 6) is 0.267. The largest absolute Gasteiger partial charge is 0.348 e. The van der Waals surface area contributed by atoms with E-state index in [-0.39, 0.29) is 18.1 Å². The highest BCUT2D eigenvalue weighted by Crippen LogP contribution is 2.24. The zero-order chi connectivity index (χ0) is 16.6. The van der Waals surface area contributed by atoms with Gasteiger partial charge in [0.2, 0.25) is 5.91 Å². The molecule has 126 valence electrons. The smallest absolute Gasteiger partial charge is 0.226 e. The predicted octanol–water partition coefficient (Wildman–Crippen LogP) is 4.19. The van der Waals surface area contributed by atoms with Crippen LogP contribution in [0.2, 0.25) is 0 Å². The Hall–Kier alpha value is -2.49. The average Bonchev–Trinajstić information content (AvgIpc) is 2.64. The summed E-state index contributed by atoms with van der Waals surface area (Å²) in [7, 11) is 0. The Morgan fingerprint density at radius 1 is 0.792 bits per heavy atom. The van der Waals surface area contributed by atoms with E-state index in [1.165, 1.54) is 6.42 Å². The van der Waals surface area contributed by atoms with Gasteiger partial charge < -0.3 is 16.0 Å². The molecule has 3 rings (SSSR count). The molecule has 1 aliphatic rings. The molecule has 0 atom stereocenters. The van der Waals surface area contributed by atoms with Gasteiger partial charge in [-0.05, 0) is 37.1 Å². The lowest BCUT2D eigenvalue weighted by molar-refractivity contribution is -0.126. The molecule has 1 fully saturated rings. The molecule has 0 heterocycles. The van der Waals surface area contributed by atoms with E-state index >= 15 is 0 Å². The molecular formula is C20H25N3O. The van der Waals surface area contributed by atoms with Crippen molar-refractivity contribution < 1.29 is 4.79 Å². The van der Waals surface area contributed by atoms with Gasteiger partial charge in [0.25, 0.3) is 0 Å². The second-order valence-electron chi connectivity index (χ2n) is 6.30. The minimum absolute atomic E-state index is 0.131. The Bertz CT molecular complexity index is 582. The van der Waals surface area contributed by atoms with Crippen LogP contribution in [0.4, 0.5) is 11.4 Å². The third-order valence-corrected chi connectivity index (χ3v) is 4.43. The fourth-order valence-corrected chi connectivity index (χ4v) is 3.14. The summed E-state index contributed by atoms with van der Waals surface area (Å²) in [4.78, 5) is 12.6. The number of nitrogens with one attached hydrogen (secondary N) is 3. The van der Waals surface area contributed by atoms with Crippen LogP contribution in [0.25, 0.3) is 0 Å². The molecule has 2 aromatic carbocycles. The summed E-state index contributed by atoms with van der Waals surface area (Å²) in [6.07, 6.45) is 5.20. The SMILES string of the molecule is O=C(NC(Nc1ccccc1)Nc1ccccc1)C1CCCCC1. The first-order valence-corrected chi connectivity index (χ1v) is 8.75. The lowest BCUT2D eigenvalue weighted by atomic mass is 9.89. The monoisotopic (exact) mass is 323 g/mol. The minimum Gasteiger partial charge on any atom is -0.348 e. The molecule has 1 saturated carbocycles. The normalized spacial score (nSPS) is 15.0. The van der Waals surface area contributed by atoms with Crippen molar-refractivity contribution in [2.45, 2.75) is 38.4 Å². The van der Waals surface area contributed by atoms with Gasteiger partial charge in [-0.3, -0.25) is 4.79 Å². The number of rotatable bonds is 6. The summed E-state index contributed by atoms with van der Waals surface area (Å²) in [5.41, 5.74) is 1.93. The molecule has 4 heteroatoms. The first-order valence-electron chi connectivity index (χ1n) is 8.75. The van der Waals surface area contributed by atoms with Crippen LogP contribution in [0.5, 0.6) is 0 Å². The van der Waals surface area contributed by atoms with Gasteiger partial charge in [0.05, 0.1) is 0 Å². The van der Waals surface area contributed by atoms with Crippen molar-refractivity contribution in [3.63, 3.8) is 0 Å².